The second-order valence-electron chi connectivity index (χ2n) is 22.9. The summed E-state index contributed by atoms with van der Waals surface area (Å²) in [5.41, 5.74) is 17.8. The first-order chi connectivity index (χ1) is 43.2. The number of hydrogen-bond donors (Lipinski definition) is 17. The number of carboxylic acid groups (broad SMARTS) is 2. The van der Waals surface area contributed by atoms with E-state index < -0.39 is 169 Å². The summed E-state index contributed by atoms with van der Waals surface area (Å²) in [5, 5.41) is 65.2. The van der Waals surface area contributed by atoms with Gasteiger partial charge in [-0.05, 0) is 119 Å². The highest BCUT2D eigenvalue weighted by atomic mass is 16.4. The number of aromatic hydroxyl groups is 1. The van der Waals surface area contributed by atoms with Gasteiger partial charge in [0.25, 0.3) is 0 Å². The normalized spacial score (nSPS) is 15.1. The van der Waals surface area contributed by atoms with Crippen LogP contribution in [0.4, 0.5) is 0 Å². The number of amides is 10. The van der Waals surface area contributed by atoms with Crippen LogP contribution in [0, 0.1) is 17.8 Å². The van der Waals surface area contributed by atoms with E-state index in [9.17, 15) is 78.0 Å². The molecule has 0 aromatic heterocycles. The molecule has 2 aromatic carbocycles. The summed E-state index contributed by atoms with van der Waals surface area (Å²) in [6.45, 7) is 9.30. The van der Waals surface area contributed by atoms with E-state index in [1.165, 1.54) is 31.2 Å². The average Bonchev–Trinajstić information content (AvgIpc) is 2.16. The minimum absolute atomic E-state index is 0.0346. The number of aliphatic hydroxyl groups excluding tert-OH is 1. The van der Waals surface area contributed by atoms with Crippen molar-refractivity contribution in [2.24, 2.45) is 35.0 Å². The number of phenolic OH excluding ortho intramolecular Hbond substituents is 1. The Hall–Kier alpha value is -8.28. The Bertz CT molecular complexity index is 2670. The van der Waals surface area contributed by atoms with Crippen molar-refractivity contribution in [3.63, 3.8) is 0 Å². The van der Waals surface area contributed by atoms with E-state index >= 15 is 0 Å². The molecule has 91 heavy (non-hydrogen) atoms. The van der Waals surface area contributed by atoms with Crippen LogP contribution in [0.5, 0.6) is 5.75 Å². The fourth-order valence-corrected chi connectivity index (χ4v) is 9.34. The predicted molar refractivity (Wildman–Crippen MR) is 336 cm³/mol. The number of aliphatic carboxylic acids is 2. The summed E-state index contributed by atoms with van der Waals surface area (Å²) in [7, 11) is 0. The highest BCUT2D eigenvalue weighted by Crippen LogP contribution is 2.16. The van der Waals surface area contributed by atoms with Gasteiger partial charge < -0.3 is 90.8 Å². The van der Waals surface area contributed by atoms with Crippen molar-refractivity contribution >= 4 is 71.0 Å². The Morgan fingerprint density at radius 1 is 0.440 bits per heavy atom. The number of nitrogens with one attached hydrogen (secondary N) is 10. The summed E-state index contributed by atoms with van der Waals surface area (Å²) in [6, 6.07) is 1.48. The molecule has 2 aromatic rings. The van der Waals surface area contributed by atoms with Crippen LogP contribution in [0.2, 0.25) is 0 Å². The van der Waals surface area contributed by atoms with Crippen LogP contribution in [0.25, 0.3) is 0 Å². The molecule has 0 fully saturated rings. The Morgan fingerprint density at radius 3 is 1.40 bits per heavy atom. The van der Waals surface area contributed by atoms with Crippen molar-refractivity contribution < 1.29 is 78.0 Å². The van der Waals surface area contributed by atoms with Gasteiger partial charge in [-0.3, -0.25) is 52.7 Å². The molecule has 0 radical (unpaired) electrons. The van der Waals surface area contributed by atoms with Crippen LogP contribution in [0.3, 0.4) is 0 Å². The summed E-state index contributed by atoms with van der Waals surface area (Å²) in [4.78, 5) is 162. The first-order valence-electron chi connectivity index (χ1n) is 31.2. The van der Waals surface area contributed by atoms with E-state index in [-0.39, 0.29) is 50.9 Å². The van der Waals surface area contributed by atoms with E-state index in [4.69, 9.17) is 17.2 Å². The van der Waals surface area contributed by atoms with Crippen LogP contribution in [-0.4, -0.2) is 179 Å². The number of benzene rings is 2. The minimum atomic E-state index is -1.62. The van der Waals surface area contributed by atoms with Crippen molar-refractivity contribution in [1.82, 2.24) is 53.2 Å². The Morgan fingerprint density at radius 2 is 0.868 bits per heavy atom. The summed E-state index contributed by atoms with van der Waals surface area (Å²) in [6.07, 6.45) is 2.82. The molecule has 2 unspecified atom stereocenters. The van der Waals surface area contributed by atoms with Gasteiger partial charge in [0.1, 0.15) is 60.1 Å². The summed E-state index contributed by atoms with van der Waals surface area (Å²) >= 11 is 0. The lowest BCUT2D eigenvalue weighted by molar-refractivity contribution is -0.142. The van der Waals surface area contributed by atoms with E-state index in [2.05, 4.69) is 53.2 Å². The maximum atomic E-state index is 14.5. The van der Waals surface area contributed by atoms with Crippen molar-refractivity contribution in [1.29, 1.82) is 0 Å². The molecule has 0 heterocycles. The smallest absolute Gasteiger partial charge is 0.326 e. The van der Waals surface area contributed by atoms with Crippen molar-refractivity contribution in [2.45, 2.75) is 192 Å². The van der Waals surface area contributed by atoms with Crippen molar-refractivity contribution in [3.8, 4) is 5.75 Å². The van der Waals surface area contributed by atoms with Gasteiger partial charge in [-0.2, -0.15) is 0 Å². The zero-order valence-electron chi connectivity index (χ0n) is 53.2. The number of carbonyl (C=O) groups excluding carboxylic acids is 10. The van der Waals surface area contributed by atoms with Gasteiger partial charge in [0.05, 0.1) is 13.2 Å². The molecule has 29 nitrogen and oxygen atoms in total. The summed E-state index contributed by atoms with van der Waals surface area (Å²) < 4.78 is 0. The molecule has 2 rings (SSSR count). The first-order valence-corrected chi connectivity index (χ1v) is 31.2. The number of carboxylic acids is 2. The standard InChI is InChI=1S/C62H99N13O16/c1-7-36(3)51(74-49(78)34-66-55(83)43(21-13-16-30-64)68-59(87)48(35-76)73-53(81)38(5)18-12-15-29-63)60(88)67-39(6)54(82)71-47(33-41-23-25-42(77)26-24-41)58(86)75-52(37(4)8-2)61(89)69-44(27-28-50(79)80)56(84)72-46(32-40-19-10-9-11-20-40)57(85)70-45(62(90)91)22-14-17-31-65/h9-11,19-20,23-26,36-39,43-48,51-52,76-77H,7-8,12-18,21-22,27-35,63-65H2,1-6H3,(H,66,83)(H,67,88)(H,68,87)(H,69,89)(H,70,85)(H,71,82)(H,72,84)(H,73,81)(H,74,78)(H,75,86)(H,79,80)(H,90,91)/t36?,37?,38-,39-,43-,44-,45-,46-,47-,48-,51-,52-/m0/s1. The van der Waals surface area contributed by atoms with Crippen LogP contribution in [0.15, 0.2) is 54.6 Å². The molecule has 0 spiro atoms. The molecule has 0 aliphatic carbocycles. The van der Waals surface area contributed by atoms with E-state index in [0.29, 0.717) is 69.0 Å². The van der Waals surface area contributed by atoms with Crippen LogP contribution >= 0.6 is 0 Å². The van der Waals surface area contributed by atoms with Gasteiger partial charge in [0.2, 0.25) is 59.1 Å². The molecular formula is C62H99N13O16. The zero-order valence-corrected chi connectivity index (χ0v) is 53.2. The van der Waals surface area contributed by atoms with Crippen LogP contribution in [-0.2, 0) is 70.4 Å². The number of rotatable bonds is 45. The highest BCUT2D eigenvalue weighted by Gasteiger charge is 2.37. The van der Waals surface area contributed by atoms with Gasteiger partial charge in [-0.25, -0.2) is 4.79 Å². The SMILES string of the molecule is CCC(C)[C@H](NC(=O)CNC(=O)[C@H](CCCCN)NC(=O)[C@H](CO)NC(=O)[C@@H](C)CCCCN)C(=O)N[C@@H](C)C(=O)N[C@@H](Cc1ccc(O)cc1)C(=O)N[C@H](C(=O)N[C@@H](CCC(=O)O)C(=O)N[C@@H](Cc1ccccc1)C(=O)N[C@@H](CCCCN)C(=O)O)C(C)CC. The number of aliphatic hydroxyl groups is 1. The van der Waals surface area contributed by atoms with Gasteiger partial charge in [-0.15, -0.1) is 0 Å². The van der Waals surface area contributed by atoms with Crippen LogP contribution in [0.1, 0.15) is 136 Å². The lowest BCUT2D eigenvalue weighted by Crippen LogP contribution is -2.61. The fourth-order valence-electron chi connectivity index (χ4n) is 9.34. The Balaban J connectivity index is 2.37. The molecular weight excluding hydrogens is 1180 g/mol. The molecule has 12 atom stereocenters. The molecule has 0 saturated heterocycles. The predicted octanol–water partition coefficient (Wildman–Crippen LogP) is -1.27. The van der Waals surface area contributed by atoms with Crippen molar-refractivity contribution in [3.05, 3.63) is 65.7 Å². The molecule has 29 heteroatoms. The molecule has 508 valence electrons. The van der Waals surface area contributed by atoms with E-state index in [1.807, 2.05) is 0 Å². The second kappa shape index (κ2) is 42.7. The highest BCUT2D eigenvalue weighted by molar-refractivity contribution is 5.98. The lowest BCUT2D eigenvalue weighted by atomic mass is 9.96. The number of hydrogen-bond acceptors (Lipinski definition) is 17. The number of nitrogens with two attached hydrogens (primary N) is 3. The number of phenols is 1. The lowest BCUT2D eigenvalue weighted by Gasteiger charge is -2.29. The molecule has 10 amide bonds. The van der Waals surface area contributed by atoms with Crippen LogP contribution < -0.4 is 70.4 Å². The maximum absolute atomic E-state index is 14.5. The van der Waals surface area contributed by atoms with E-state index in [1.54, 1.807) is 65.0 Å². The minimum Gasteiger partial charge on any atom is -0.508 e. The fraction of sp³-hybridized carbons (Fsp3) is 0.613. The van der Waals surface area contributed by atoms with Gasteiger partial charge >= 0.3 is 11.9 Å². The first kappa shape index (κ1) is 78.8. The molecule has 0 aliphatic heterocycles. The largest absolute Gasteiger partial charge is 0.508 e. The topological polar surface area (TPSA) is 484 Å². The summed E-state index contributed by atoms with van der Waals surface area (Å²) in [5.74, 6) is -12.9. The third-order valence-corrected chi connectivity index (χ3v) is 15.5. The van der Waals surface area contributed by atoms with Crippen molar-refractivity contribution in [2.75, 3.05) is 32.8 Å². The molecule has 0 bridgehead atoms. The number of carbonyl (C=O) groups is 12. The number of unbranched alkanes of at least 4 members (excludes halogenated alkanes) is 3. The molecule has 0 aliphatic rings. The average molecular weight is 1280 g/mol. The third-order valence-electron chi connectivity index (χ3n) is 15.5. The Labute approximate surface area is 531 Å². The second-order valence-corrected chi connectivity index (χ2v) is 22.9. The molecule has 20 N–H and O–H groups in total. The van der Waals surface area contributed by atoms with Gasteiger partial charge in [-0.1, -0.05) is 96.3 Å². The zero-order chi connectivity index (χ0) is 68.2. The third kappa shape index (κ3) is 29.5. The maximum Gasteiger partial charge on any atom is 0.326 e. The Kier molecular flexibility index (Phi) is 36.9. The van der Waals surface area contributed by atoms with Gasteiger partial charge in [0.15, 0.2) is 0 Å². The van der Waals surface area contributed by atoms with E-state index in [0.717, 1.165) is 0 Å². The monoisotopic (exact) mass is 1280 g/mol. The molecule has 0 saturated carbocycles. The van der Waals surface area contributed by atoms with Gasteiger partial charge in [0, 0.05) is 25.2 Å². The quantitative estimate of drug-likeness (QED) is 0.0344.